The normalized spacial score (nSPS) is 10.2. The number of nitrogens with one attached hydrogen (secondary N) is 2. The summed E-state index contributed by atoms with van der Waals surface area (Å²) < 4.78 is 5.12. The molecular weight excluding hydrogens is 386 g/mol. The lowest BCUT2D eigenvalue weighted by atomic mass is 10.1. The van der Waals surface area contributed by atoms with Gasteiger partial charge in [0.25, 0.3) is 11.6 Å². The molecule has 152 valence electrons. The number of carbonyl (C=O) groups excluding carboxylic acids is 2. The third kappa shape index (κ3) is 5.20. The fraction of sp³-hybridized carbons (Fsp3) is 0.0909. The molecule has 8 nitrogen and oxygen atoms in total. The lowest BCUT2D eigenvalue weighted by molar-refractivity contribution is -0.384. The highest BCUT2D eigenvalue weighted by Gasteiger charge is 2.14. The second-order valence-corrected chi connectivity index (χ2v) is 6.38. The molecule has 3 aromatic rings. The van der Waals surface area contributed by atoms with E-state index < -0.39 is 10.8 Å². The van der Waals surface area contributed by atoms with Gasteiger partial charge in [-0.3, -0.25) is 19.7 Å². The first kappa shape index (κ1) is 20.5. The van der Waals surface area contributed by atoms with Crippen LogP contribution in [-0.2, 0) is 11.2 Å². The predicted molar refractivity (Wildman–Crippen MR) is 113 cm³/mol. The summed E-state index contributed by atoms with van der Waals surface area (Å²) in [6.07, 6.45) is 0.253. The average Bonchev–Trinajstić information content (AvgIpc) is 2.75. The summed E-state index contributed by atoms with van der Waals surface area (Å²) in [5.41, 5.74) is 2.01. The minimum atomic E-state index is -0.543. The Kier molecular flexibility index (Phi) is 6.39. The van der Waals surface area contributed by atoms with Gasteiger partial charge in [0.05, 0.1) is 30.2 Å². The van der Waals surface area contributed by atoms with Crippen LogP contribution in [0, 0.1) is 10.1 Å². The fourth-order valence-corrected chi connectivity index (χ4v) is 2.78. The number of hydrogen-bond donors (Lipinski definition) is 2. The predicted octanol–water partition coefficient (Wildman–Crippen LogP) is 4.04. The van der Waals surface area contributed by atoms with Crippen LogP contribution in [0.3, 0.4) is 0 Å². The largest absolute Gasteiger partial charge is 0.494 e. The van der Waals surface area contributed by atoms with Crippen LogP contribution in [0.25, 0.3) is 0 Å². The van der Waals surface area contributed by atoms with Gasteiger partial charge in [-0.2, -0.15) is 0 Å². The average molecular weight is 405 g/mol. The Morgan fingerprint density at radius 2 is 1.67 bits per heavy atom. The van der Waals surface area contributed by atoms with Gasteiger partial charge in [-0.05, 0) is 35.9 Å². The van der Waals surface area contributed by atoms with Crippen molar-refractivity contribution >= 4 is 28.9 Å². The number of amides is 2. The first-order valence-electron chi connectivity index (χ1n) is 9.04. The van der Waals surface area contributed by atoms with Gasteiger partial charge < -0.3 is 15.4 Å². The number of carbonyl (C=O) groups is 2. The van der Waals surface area contributed by atoms with Crippen molar-refractivity contribution in [1.29, 1.82) is 0 Å². The molecule has 0 fully saturated rings. The van der Waals surface area contributed by atoms with E-state index in [1.807, 2.05) is 30.3 Å². The topological polar surface area (TPSA) is 111 Å². The number of hydrogen-bond acceptors (Lipinski definition) is 5. The van der Waals surface area contributed by atoms with E-state index in [1.54, 1.807) is 24.3 Å². The van der Waals surface area contributed by atoms with E-state index in [-0.39, 0.29) is 23.8 Å². The maximum Gasteiger partial charge on any atom is 0.273 e. The Labute approximate surface area is 172 Å². The van der Waals surface area contributed by atoms with Gasteiger partial charge in [-0.25, -0.2) is 0 Å². The number of nitro groups is 1. The van der Waals surface area contributed by atoms with E-state index in [0.29, 0.717) is 16.9 Å². The number of non-ortho nitro benzene ring substituents is 1. The van der Waals surface area contributed by atoms with Crippen LogP contribution >= 0.6 is 0 Å². The molecule has 8 heteroatoms. The molecule has 0 bridgehead atoms. The van der Waals surface area contributed by atoms with Crippen LogP contribution in [0.2, 0.25) is 0 Å². The molecule has 0 unspecified atom stereocenters. The van der Waals surface area contributed by atoms with Gasteiger partial charge in [0.2, 0.25) is 5.91 Å². The zero-order chi connectivity index (χ0) is 21.5. The number of rotatable bonds is 7. The van der Waals surface area contributed by atoms with Crippen LogP contribution in [-0.4, -0.2) is 23.8 Å². The maximum absolute atomic E-state index is 12.5. The van der Waals surface area contributed by atoms with E-state index in [9.17, 15) is 19.7 Å². The Balaban J connectivity index is 1.64. The maximum atomic E-state index is 12.5. The summed E-state index contributed by atoms with van der Waals surface area (Å²) in [4.78, 5) is 34.9. The van der Waals surface area contributed by atoms with Gasteiger partial charge in [0.15, 0.2) is 0 Å². The minimum absolute atomic E-state index is 0.138. The highest BCUT2D eigenvalue weighted by molar-refractivity contribution is 6.05. The zero-order valence-electron chi connectivity index (χ0n) is 16.1. The molecule has 2 N–H and O–H groups in total. The van der Waals surface area contributed by atoms with E-state index in [1.165, 1.54) is 25.3 Å². The quantitative estimate of drug-likeness (QED) is 0.455. The standard InChI is InChI=1S/C22H19N3O5/c1-30-20-14-18(25(28)29)11-12-19(20)24-22(27)16-7-9-17(10-8-16)23-21(26)13-15-5-3-2-4-6-15/h2-12,14H,13H2,1H3,(H,23,26)(H,24,27). The number of nitrogens with zero attached hydrogens (tertiary/aromatic N) is 1. The highest BCUT2D eigenvalue weighted by atomic mass is 16.6. The number of anilines is 2. The first-order valence-corrected chi connectivity index (χ1v) is 9.04. The van der Waals surface area contributed by atoms with Gasteiger partial charge in [0, 0.05) is 17.3 Å². The molecule has 0 radical (unpaired) electrons. The zero-order valence-corrected chi connectivity index (χ0v) is 16.1. The number of ether oxygens (including phenoxy) is 1. The lowest BCUT2D eigenvalue weighted by Crippen LogP contribution is -2.15. The highest BCUT2D eigenvalue weighted by Crippen LogP contribution is 2.29. The van der Waals surface area contributed by atoms with E-state index >= 15 is 0 Å². The third-order valence-electron chi connectivity index (χ3n) is 4.28. The van der Waals surface area contributed by atoms with Gasteiger partial charge in [-0.1, -0.05) is 30.3 Å². The van der Waals surface area contributed by atoms with Crippen molar-refractivity contribution in [3.8, 4) is 5.75 Å². The first-order chi connectivity index (χ1) is 14.5. The second-order valence-electron chi connectivity index (χ2n) is 6.38. The fourth-order valence-electron chi connectivity index (χ4n) is 2.78. The van der Waals surface area contributed by atoms with Crippen LogP contribution in [0.4, 0.5) is 17.1 Å². The number of nitro benzene ring substituents is 1. The second kappa shape index (κ2) is 9.33. The van der Waals surface area contributed by atoms with Crippen molar-refractivity contribution < 1.29 is 19.2 Å². The molecule has 0 aliphatic rings. The molecule has 30 heavy (non-hydrogen) atoms. The third-order valence-corrected chi connectivity index (χ3v) is 4.28. The molecule has 0 aliphatic carbocycles. The molecule has 0 heterocycles. The molecule has 3 aromatic carbocycles. The summed E-state index contributed by atoms with van der Waals surface area (Å²) in [6.45, 7) is 0. The van der Waals surface area contributed by atoms with Crippen molar-refractivity contribution in [3.63, 3.8) is 0 Å². The Morgan fingerprint density at radius 3 is 2.30 bits per heavy atom. The molecule has 0 atom stereocenters. The molecule has 0 aromatic heterocycles. The van der Waals surface area contributed by atoms with Crippen molar-refractivity contribution in [2.24, 2.45) is 0 Å². The van der Waals surface area contributed by atoms with Crippen molar-refractivity contribution in [2.75, 3.05) is 17.7 Å². The molecule has 0 aliphatic heterocycles. The summed E-state index contributed by atoms with van der Waals surface area (Å²) in [7, 11) is 1.36. The van der Waals surface area contributed by atoms with Crippen LogP contribution < -0.4 is 15.4 Å². The van der Waals surface area contributed by atoms with Crippen molar-refractivity contribution in [3.05, 3.63) is 94.0 Å². The molecular formula is C22H19N3O5. The van der Waals surface area contributed by atoms with Crippen molar-refractivity contribution in [2.45, 2.75) is 6.42 Å². The summed E-state index contributed by atoms with van der Waals surface area (Å²) in [5, 5.41) is 16.3. The molecule has 0 saturated carbocycles. The molecule has 3 rings (SSSR count). The Morgan fingerprint density at radius 1 is 0.967 bits per heavy atom. The number of benzene rings is 3. The van der Waals surface area contributed by atoms with Crippen LogP contribution in [0.5, 0.6) is 5.75 Å². The molecule has 0 saturated heterocycles. The Bertz CT molecular complexity index is 1070. The van der Waals surface area contributed by atoms with E-state index in [0.717, 1.165) is 5.56 Å². The van der Waals surface area contributed by atoms with E-state index in [4.69, 9.17) is 4.74 Å². The lowest BCUT2D eigenvalue weighted by Gasteiger charge is -2.10. The van der Waals surface area contributed by atoms with E-state index in [2.05, 4.69) is 10.6 Å². The van der Waals surface area contributed by atoms with Crippen molar-refractivity contribution in [1.82, 2.24) is 0 Å². The van der Waals surface area contributed by atoms with Gasteiger partial charge in [0.1, 0.15) is 5.75 Å². The van der Waals surface area contributed by atoms with Crippen LogP contribution in [0.1, 0.15) is 15.9 Å². The van der Waals surface area contributed by atoms with Gasteiger partial charge >= 0.3 is 0 Å². The smallest absolute Gasteiger partial charge is 0.273 e. The monoisotopic (exact) mass is 405 g/mol. The number of methoxy groups -OCH3 is 1. The molecule has 0 spiro atoms. The SMILES string of the molecule is COc1cc([N+](=O)[O-])ccc1NC(=O)c1ccc(NC(=O)Cc2ccccc2)cc1. The minimum Gasteiger partial charge on any atom is -0.494 e. The summed E-state index contributed by atoms with van der Waals surface area (Å²) in [6, 6.07) is 19.7. The molecule has 2 amide bonds. The summed E-state index contributed by atoms with van der Waals surface area (Å²) >= 11 is 0. The summed E-state index contributed by atoms with van der Waals surface area (Å²) in [5.74, 6) is -0.388. The van der Waals surface area contributed by atoms with Gasteiger partial charge in [-0.15, -0.1) is 0 Å². The van der Waals surface area contributed by atoms with Crippen LogP contribution in [0.15, 0.2) is 72.8 Å². The Hall–Kier alpha value is -4.20.